The van der Waals surface area contributed by atoms with Crippen LogP contribution in [0.25, 0.3) is 0 Å². The molecule has 2 rings (SSSR count). The molecule has 82 valence electrons. The van der Waals surface area contributed by atoms with Gasteiger partial charge in [0.15, 0.2) is 0 Å². The first-order valence-corrected chi connectivity index (χ1v) is 5.79. The molecule has 2 saturated carbocycles. The van der Waals surface area contributed by atoms with Crippen LogP contribution in [0.15, 0.2) is 0 Å². The molecule has 0 aromatic rings. The smallest absolute Gasteiger partial charge is 0.240 e. The van der Waals surface area contributed by atoms with E-state index in [9.17, 15) is 4.79 Å². The summed E-state index contributed by atoms with van der Waals surface area (Å²) < 4.78 is 0. The molecule has 0 aromatic carbocycles. The summed E-state index contributed by atoms with van der Waals surface area (Å²) in [5, 5.41) is 12.1. The maximum atomic E-state index is 11.9. The maximum Gasteiger partial charge on any atom is 0.240 e. The summed E-state index contributed by atoms with van der Waals surface area (Å²) in [4.78, 5) is 11.9. The number of nitrogens with zero attached hydrogens (tertiary/aromatic N) is 1. The molecule has 1 unspecified atom stereocenters. The highest BCUT2D eigenvalue weighted by Gasteiger charge is 2.49. The summed E-state index contributed by atoms with van der Waals surface area (Å²) in [6, 6.07) is 2.45. The fourth-order valence-electron chi connectivity index (χ4n) is 2.52. The molecule has 2 fully saturated rings. The van der Waals surface area contributed by atoms with Gasteiger partial charge < -0.3 is 5.32 Å². The van der Waals surface area contributed by atoms with Crippen molar-refractivity contribution in [1.29, 1.82) is 5.26 Å². The van der Waals surface area contributed by atoms with Gasteiger partial charge in [-0.25, -0.2) is 0 Å². The number of carbonyl (C=O) groups is 1. The first kappa shape index (κ1) is 10.5. The third kappa shape index (κ3) is 1.86. The van der Waals surface area contributed by atoms with Gasteiger partial charge in [0.05, 0.1) is 6.07 Å². The second-order valence-corrected chi connectivity index (χ2v) is 5.31. The quantitative estimate of drug-likeness (QED) is 0.766. The van der Waals surface area contributed by atoms with E-state index < -0.39 is 5.41 Å². The third-order valence-corrected chi connectivity index (χ3v) is 3.73. The minimum absolute atomic E-state index is 0.0394. The number of carbonyl (C=O) groups excluding carboxylic acids is 1. The van der Waals surface area contributed by atoms with E-state index in [1.54, 1.807) is 0 Å². The van der Waals surface area contributed by atoms with Crippen LogP contribution in [0, 0.1) is 28.6 Å². The van der Waals surface area contributed by atoms with Crippen LogP contribution < -0.4 is 5.32 Å². The van der Waals surface area contributed by atoms with Crippen LogP contribution in [0.2, 0.25) is 0 Å². The number of amides is 1. The van der Waals surface area contributed by atoms with Crippen molar-refractivity contribution in [3.63, 3.8) is 0 Å². The number of nitrogens with one attached hydrogen (secondary N) is 1. The number of hydrogen-bond acceptors (Lipinski definition) is 2. The van der Waals surface area contributed by atoms with E-state index in [0.29, 0.717) is 11.8 Å². The van der Waals surface area contributed by atoms with Gasteiger partial charge in [-0.15, -0.1) is 0 Å². The van der Waals surface area contributed by atoms with Gasteiger partial charge in [0.25, 0.3) is 0 Å². The molecule has 1 amide bonds. The average molecular weight is 206 g/mol. The molecule has 0 heterocycles. The fraction of sp³-hybridized carbons (Fsp3) is 0.833. The minimum Gasteiger partial charge on any atom is -0.352 e. The SMILES string of the molecule is CC1CC(C#N)(C(=O)NC(C)C2CC2)C1. The topological polar surface area (TPSA) is 52.9 Å². The molecule has 0 saturated heterocycles. The van der Waals surface area contributed by atoms with Gasteiger partial charge in [-0.1, -0.05) is 6.92 Å². The van der Waals surface area contributed by atoms with Gasteiger partial charge >= 0.3 is 0 Å². The lowest BCUT2D eigenvalue weighted by molar-refractivity contribution is -0.134. The van der Waals surface area contributed by atoms with Gasteiger partial charge in [-0.05, 0) is 44.4 Å². The van der Waals surface area contributed by atoms with Crippen LogP contribution >= 0.6 is 0 Å². The van der Waals surface area contributed by atoms with Crippen molar-refractivity contribution < 1.29 is 4.79 Å². The van der Waals surface area contributed by atoms with Crippen LogP contribution in [0.3, 0.4) is 0 Å². The number of hydrogen-bond donors (Lipinski definition) is 1. The van der Waals surface area contributed by atoms with Crippen LogP contribution in [0.1, 0.15) is 39.5 Å². The van der Waals surface area contributed by atoms with Gasteiger partial charge in [-0.3, -0.25) is 4.79 Å². The molecule has 2 aliphatic carbocycles. The number of nitriles is 1. The van der Waals surface area contributed by atoms with Crippen LogP contribution in [0.4, 0.5) is 0 Å². The lowest BCUT2D eigenvalue weighted by atomic mass is 9.63. The van der Waals surface area contributed by atoms with E-state index in [1.165, 1.54) is 12.8 Å². The molecule has 1 atom stereocenters. The summed E-state index contributed by atoms with van der Waals surface area (Å²) in [6.45, 7) is 4.13. The Labute approximate surface area is 90.8 Å². The summed E-state index contributed by atoms with van der Waals surface area (Å²) >= 11 is 0. The monoisotopic (exact) mass is 206 g/mol. The van der Waals surface area contributed by atoms with E-state index in [0.717, 1.165) is 12.8 Å². The molecule has 0 aromatic heterocycles. The molecule has 3 heteroatoms. The molecule has 15 heavy (non-hydrogen) atoms. The van der Waals surface area contributed by atoms with Gasteiger partial charge in [0.2, 0.25) is 5.91 Å². The van der Waals surface area contributed by atoms with Crippen molar-refractivity contribution in [2.75, 3.05) is 0 Å². The van der Waals surface area contributed by atoms with Crippen molar-refractivity contribution in [3.05, 3.63) is 0 Å². The Hall–Kier alpha value is -1.04. The molecule has 0 aliphatic heterocycles. The zero-order valence-corrected chi connectivity index (χ0v) is 9.42. The standard InChI is InChI=1S/C12H18N2O/c1-8-5-12(6-8,7-13)11(15)14-9(2)10-3-4-10/h8-10H,3-6H2,1-2H3,(H,14,15). The van der Waals surface area contributed by atoms with E-state index in [1.807, 2.05) is 6.92 Å². The fourth-order valence-corrected chi connectivity index (χ4v) is 2.52. The Balaban J connectivity index is 1.92. The maximum absolute atomic E-state index is 11.9. The second kappa shape index (κ2) is 3.52. The third-order valence-electron chi connectivity index (χ3n) is 3.73. The summed E-state index contributed by atoms with van der Waals surface area (Å²) in [7, 11) is 0. The van der Waals surface area contributed by atoms with E-state index in [-0.39, 0.29) is 11.9 Å². The summed E-state index contributed by atoms with van der Waals surface area (Å²) in [6.07, 6.45) is 3.90. The number of rotatable bonds is 3. The van der Waals surface area contributed by atoms with Gasteiger partial charge in [-0.2, -0.15) is 5.26 Å². The summed E-state index contributed by atoms with van der Waals surface area (Å²) in [5.74, 6) is 1.14. The molecule has 0 radical (unpaired) electrons. The molecule has 2 aliphatic rings. The van der Waals surface area contributed by atoms with Crippen LogP contribution in [-0.4, -0.2) is 11.9 Å². The second-order valence-electron chi connectivity index (χ2n) is 5.31. The van der Waals surface area contributed by atoms with Crippen molar-refractivity contribution in [3.8, 4) is 6.07 Å². The van der Waals surface area contributed by atoms with Gasteiger partial charge in [0, 0.05) is 6.04 Å². The van der Waals surface area contributed by atoms with Crippen LogP contribution in [0.5, 0.6) is 0 Å². The summed E-state index contributed by atoms with van der Waals surface area (Å²) in [5.41, 5.74) is -0.706. The van der Waals surface area contributed by atoms with Crippen molar-refractivity contribution in [1.82, 2.24) is 5.32 Å². The normalized spacial score (nSPS) is 36.2. The van der Waals surface area contributed by atoms with Crippen molar-refractivity contribution in [2.45, 2.75) is 45.6 Å². The molecule has 0 bridgehead atoms. The van der Waals surface area contributed by atoms with E-state index in [2.05, 4.69) is 18.3 Å². The van der Waals surface area contributed by atoms with Crippen LogP contribution in [-0.2, 0) is 4.79 Å². The Morgan fingerprint density at radius 1 is 1.53 bits per heavy atom. The first-order chi connectivity index (χ1) is 7.07. The Bertz CT molecular complexity index is 308. The predicted octanol–water partition coefficient (Wildman–Crippen LogP) is 1.84. The minimum atomic E-state index is -0.706. The molecule has 0 spiro atoms. The molecular weight excluding hydrogens is 188 g/mol. The van der Waals surface area contributed by atoms with E-state index >= 15 is 0 Å². The van der Waals surface area contributed by atoms with Crippen molar-refractivity contribution >= 4 is 5.91 Å². The largest absolute Gasteiger partial charge is 0.352 e. The van der Waals surface area contributed by atoms with E-state index in [4.69, 9.17) is 5.26 Å². The highest BCUT2D eigenvalue weighted by atomic mass is 16.2. The highest BCUT2D eigenvalue weighted by molar-refractivity contribution is 5.86. The zero-order valence-electron chi connectivity index (χ0n) is 9.42. The Kier molecular flexibility index (Phi) is 2.46. The molecule has 3 nitrogen and oxygen atoms in total. The molecular formula is C12H18N2O. The highest BCUT2D eigenvalue weighted by Crippen LogP contribution is 2.45. The predicted molar refractivity (Wildman–Crippen MR) is 56.8 cm³/mol. The lowest BCUT2D eigenvalue weighted by Crippen LogP contribution is -2.50. The Morgan fingerprint density at radius 2 is 2.13 bits per heavy atom. The van der Waals surface area contributed by atoms with Gasteiger partial charge in [0.1, 0.15) is 5.41 Å². The average Bonchev–Trinajstić information content (AvgIpc) is 2.94. The lowest BCUT2D eigenvalue weighted by Gasteiger charge is -2.39. The molecule has 1 N–H and O–H groups in total. The zero-order chi connectivity index (χ0) is 11.1. The van der Waals surface area contributed by atoms with Crippen molar-refractivity contribution in [2.24, 2.45) is 17.3 Å². The first-order valence-electron chi connectivity index (χ1n) is 5.79. The Morgan fingerprint density at radius 3 is 2.53 bits per heavy atom.